The van der Waals surface area contributed by atoms with Crippen LogP contribution in [-0.4, -0.2) is 15.3 Å². The molecule has 0 rings (SSSR count). The van der Waals surface area contributed by atoms with Crippen LogP contribution in [0, 0.1) is 0 Å². The second-order valence-corrected chi connectivity index (χ2v) is 1.14. The van der Waals surface area contributed by atoms with Crippen LogP contribution in [0.3, 0.4) is 0 Å². The highest BCUT2D eigenvalue weighted by Gasteiger charge is 2.01. The molecule has 0 aromatic heterocycles. The van der Waals surface area contributed by atoms with Crippen molar-refractivity contribution in [3.63, 3.8) is 0 Å². The van der Waals surface area contributed by atoms with E-state index in [-0.39, 0.29) is 0 Å². The van der Waals surface area contributed by atoms with Crippen LogP contribution in [0.1, 0.15) is 0 Å². The van der Waals surface area contributed by atoms with Crippen molar-refractivity contribution in [1.29, 1.82) is 0 Å². The Balaban J connectivity index is 3.26. The van der Waals surface area contributed by atoms with Gasteiger partial charge >= 0.3 is 6.09 Å². The molecule has 0 fully saturated rings. The van der Waals surface area contributed by atoms with E-state index in [1.165, 1.54) is 0 Å². The molecule has 0 radical (unpaired) electrons. The van der Waals surface area contributed by atoms with E-state index in [9.17, 15) is 9.28 Å². The number of carbonyl (C=O) groups is 1. The van der Waals surface area contributed by atoms with Gasteiger partial charge in [0, 0.05) is 0 Å². The first-order valence-corrected chi connectivity index (χ1v) is 1.70. The fraction of sp³-hybridized carbons (Fsp3) is 0. The summed E-state index contributed by atoms with van der Waals surface area (Å²) >= 11 is 2.01. The molecule has 36 valence electrons. The molecule has 1 amide bonds. The van der Waals surface area contributed by atoms with Crippen LogP contribution in [0.4, 0.5) is 9.28 Å². The Bertz CT molecular complexity index is 64.6. The van der Waals surface area contributed by atoms with Crippen LogP contribution in [0.25, 0.3) is 0 Å². The van der Waals surface area contributed by atoms with Gasteiger partial charge in [0.2, 0.25) is 0 Å². The van der Waals surface area contributed by atoms with E-state index < -0.39 is 10.2 Å². The molecule has 0 aromatic carbocycles. The van der Waals surface area contributed by atoms with Gasteiger partial charge in [0.15, 0.2) is 0 Å². The summed E-state index contributed by atoms with van der Waals surface area (Å²) in [6, 6.07) is 0. The van der Waals surface area contributed by atoms with Crippen LogP contribution >= 0.6 is 16.1 Å². The SMILES string of the molecule is O=C(O)N(F)Br. The third-order valence-electron chi connectivity index (χ3n) is 0.145. The number of rotatable bonds is 0. The highest BCUT2D eigenvalue weighted by atomic mass is 79.9. The highest BCUT2D eigenvalue weighted by Crippen LogP contribution is 1.95. The molecule has 0 aliphatic carbocycles. The molecule has 0 spiro atoms. The van der Waals surface area contributed by atoms with E-state index in [0.717, 1.165) is 0 Å². The van der Waals surface area contributed by atoms with Crippen LogP contribution in [0.2, 0.25) is 0 Å². The first kappa shape index (κ1) is 5.68. The largest absolute Gasteiger partial charge is 0.463 e. The number of amides is 1. The molecule has 0 aliphatic heterocycles. The molecule has 1 N–H and O–H groups in total. The maximum Gasteiger partial charge on any atom is 0.446 e. The van der Waals surface area contributed by atoms with Crippen molar-refractivity contribution in [2.75, 3.05) is 0 Å². The van der Waals surface area contributed by atoms with E-state index in [0.29, 0.717) is 0 Å². The molecule has 0 atom stereocenters. The Kier molecular flexibility index (Phi) is 1.86. The summed E-state index contributed by atoms with van der Waals surface area (Å²) in [6.45, 7) is 0. The monoisotopic (exact) mass is 157 g/mol. The summed E-state index contributed by atoms with van der Waals surface area (Å²) in [5.74, 6) is 0. The average molecular weight is 158 g/mol. The maximum absolute atomic E-state index is 11.0. The van der Waals surface area contributed by atoms with Crippen molar-refractivity contribution in [1.82, 2.24) is 4.15 Å². The summed E-state index contributed by atoms with van der Waals surface area (Å²) < 4.78 is 10.4. The Morgan fingerprint density at radius 2 is 2.17 bits per heavy atom. The van der Waals surface area contributed by atoms with Crippen LogP contribution in [0.5, 0.6) is 0 Å². The highest BCUT2D eigenvalue weighted by molar-refractivity contribution is 9.07. The van der Waals surface area contributed by atoms with Gasteiger partial charge < -0.3 is 5.11 Å². The van der Waals surface area contributed by atoms with Gasteiger partial charge in [0.1, 0.15) is 0 Å². The predicted octanol–water partition coefficient (Wildman–Crippen LogP) is 1.16. The molecule has 5 heteroatoms. The smallest absolute Gasteiger partial charge is 0.446 e. The lowest BCUT2D eigenvalue weighted by molar-refractivity contribution is 0.116. The fourth-order valence-corrected chi connectivity index (χ4v) is 0. The Hall–Kier alpha value is -0.320. The maximum atomic E-state index is 11.0. The number of hydrogen-bond acceptors (Lipinski definition) is 1. The zero-order valence-electron chi connectivity index (χ0n) is 2.56. The van der Waals surface area contributed by atoms with Crippen molar-refractivity contribution in [3.8, 4) is 0 Å². The zero-order valence-corrected chi connectivity index (χ0v) is 4.14. The normalized spacial score (nSPS) is 7.67. The quantitative estimate of drug-likeness (QED) is 0.537. The van der Waals surface area contributed by atoms with Gasteiger partial charge in [-0.3, -0.25) is 0 Å². The van der Waals surface area contributed by atoms with E-state index in [1.54, 1.807) is 0 Å². The third-order valence-corrected chi connectivity index (χ3v) is 0.448. The second kappa shape index (κ2) is 1.96. The van der Waals surface area contributed by atoms with Crippen LogP contribution < -0.4 is 0 Å². The second-order valence-electron chi connectivity index (χ2n) is 0.515. The van der Waals surface area contributed by atoms with Gasteiger partial charge in [-0.25, -0.2) is 4.79 Å². The zero-order chi connectivity index (χ0) is 5.15. The number of nitrogens with zero attached hydrogens (tertiary/aromatic N) is 1. The predicted molar refractivity (Wildman–Crippen MR) is 19.9 cm³/mol. The topological polar surface area (TPSA) is 40.5 Å². The summed E-state index contributed by atoms with van der Waals surface area (Å²) in [6.07, 6.45) is -1.66. The molecule has 0 heterocycles. The molecule has 0 aliphatic rings. The molecule has 6 heavy (non-hydrogen) atoms. The molecule has 0 saturated carbocycles. The molecule has 0 unspecified atom stereocenters. The minimum Gasteiger partial charge on any atom is -0.463 e. The lowest BCUT2D eigenvalue weighted by Gasteiger charge is -1.88. The number of hydrogen-bond donors (Lipinski definition) is 1. The molecule has 0 saturated heterocycles. The van der Waals surface area contributed by atoms with E-state index in [4.69, 9.17) is 5.11 Å². The standard InChI is InChI=1S/CHBrFNO2/c2-4(3)1(5)6/h(H,5,6). The lowest BCUT2D eigenvalue weighted by atomic mass is 11.3. The molecule has 0 bridgehead atoms. The first-order valence-electron chi connectivity index (χ1n) is 0.989. The van der Waals surface area contributed by atoms with Gasteiger partial charge in [0.05, 0.1) is 16.1 Å². The van der Waals surface area contributed by atoms with Gasteiger partial charge in [0.25, 0.3) is 0 Å². The van der Waals surface area contributed by atoms with Crippen LogP contribution in [0.15, 0.2) is 0 Å². The summed E-state index contributed by atoms with van der Waals surface area (Å²) in [5.41, 5.74) is 0. The molecule has 0 aromatic rings. The van der Waals surface area contributed by atoms with Gasteiger partial charge in [-0.15, -0.1) is 0 Å². The first-order chi connectivity index (χ1) is 2.64. The summed E-state index contributed by atoms with van der Waals surface area (Å²) in [7, 11) is 0. The van der Waals surface area contributed by atoms with Gasteiger partial charge in [-0.2, -0.15) is 0 Å². The summed E-state index contributed by atoms with van der Waals surface area (Å²) in [5, 5.41) is 7.49. The fourth-order valence-electron chi connectivity index (χ4n) is 0. The van der Waals surface area contributed by atoms with E-state index >= 15 is 0 Å². The van der Waals surface area contributed by atoms with Crippen molar-refractivity contribution in [3.05, 3.63) is 0 Å². The molecule has 3 nitrogen and oxygen atoms in total. The van der Waals surface area contributed by atoms with Crippen molar-refractivity contribution < 1.29 is 14.4 Å². The van der Waals surface area contributed by atoms with Crippen molar-refractivity contribution in [2.45, 2.75) is 0 Å². The third kappa shape index (κ3) is 1.95. The number of carboxylic acid groups (broad SMARTS) is 1. The lowest BCUT2D eigenvalue weighted by Crippen LogP contribution is -2.05. The van der Waals surface area contributed by atoms with E-state index in [1.807, 2.05) is 16.1 Å². The van der Waals surface area contributed by atoms with Crippen molar-refractivity contribution >= 4 is 22.2 Å². The van der Waals surface area contributed by atoms with E-state index in [2.05, 4.69) is 0 Å². The van der Waals surface area contributed by atoms with Crippen LogP contribution in [-0.2, 0) is 0 Å². The molecular weight excluding hydrogens is 157 g/mol. The summed E-state index contributed by atoms with van der Waals surface area (Å²) in [4.78, 5) is 9.20. The van der Waals surface area contributed by atoms with Gasteiger partial charge in [-0.05, 0) is 0 Å². The minimum atomic E-state index is -1.66. The molecular formula is CHBrFNO2. The Labute approximate surface area is 41.6 Å². The van der Waals surface area contributed by atoms with Crippen molar-refractivity contribution in [2.24, 2.45) is 0 Å². The Morgan fingerprint density at radius 1 is 2.00 bits per heavy atom. The minimum absolute atomic E-state index is 0.604. The average Bonchev–Trinajstić information content (AvgIpc) is 1.36. The Morgan fingerprint density at radius 3 is 2.17 bits per heavy atom. The van der Waals surface area contributed by atoms with Gasteiger partial charge in [-0.1, -0.05) is 8.63 Å². The number of halogens is 2.